The van der Waals surface area contributed by atoms with Gasteiger partial charge in [-0.05, 0) is 79.8 Å². The molecule has 0 unspecified atom stereocenters. The van der Waals surface area contributed by atoms with Crippen LogP contribution in [0.25, 0.3) is 11.1 Å². The largest absolute Gasteiger partial charge is 0.493 e. The molecule has 0 bridgehead atoms. The average molecular weight is 467 g/mol. The van der Waals surface area contributed by atoms with Crippen LogP contribution in [-0.2, 0) is 11.3 Å². The lowest BCUT2D eigenvalue weighted by molar-refractivity contribution is 0.0552. The van der Waals surface area contributed by atoms with Gasteiger partial charge in [0.25, 0.3) is 0 Å². The van der Waals surface area contributed by atoms with E-state index in [0.29, 0.717) is 18.8 Å². The minimum Gasteiger partial charge on any atom is -0.493 e. The van der Waals surface area contributed by atoms with Crippen LogP contribution in [0.2, 0.25) is 0 Å². The standard InChI is InChI=1S/C28H31FO5/c1-18-15-21(33-14-13-28(3,4)31)9-11-23(18)24-8-6-7-20(19(24)2)17-34-22-10-12-25(26(29)16-22)27(30)32-5/h6-12,15-16,31H,13-14,17H2,1-5H3. The topological polar surface area (TPSA) is 65.0 Å². The molecule has 1 N–H and O–H groups in total. The molecular weight excluding hydrogens is 435 g/mol. The quantitative estimate of drug-likeness (QED) is 0.391. The molecular formula is C28H31FO5. The maximum Gasteiger partial charge on any atom is 0.340 e. The molecule has 0 atom stereocenters. The Morgan fingerprint density at radius 3 is 2.32 bits per heavy atom. The molecule has 34 heavy (non-hydrogen) atoms. The van der Waals surface area contributed by atoms with Crippen LogP contribution in [0.15, 0.2) is 54.6 Å². The number of benzene rings is 3. The zero-order chi connectivity index (χ0) is 24.9. The number of rotatable bonds is 9. The van der Waals surface area contributed by atoms with E-state index in [1.165, 1.54) is 19.2 Å². The smallest absolute Gasteiger partial charge is 0.340 e. The molecule has 0 aliphatic carbocycles. The molecule has 0 spiro atoms. The third-order valence-corrected chi connectivity index (χ3v) is 5.66. The first-order valence-electron chi connectivity index (χ1n) is 11.1. The molecule has 5 nitrogen and oxygen atoms in total. The van der Waals surface area contributed by atoms with E-state index in [4.69, 9.17) is 9.47 Å². The van der Waals surface area contributed by atoms with Gasteiger partial charge in [0.2, 0.25) is 0 Å². The van der Waals surface area contributed by atoms with Gasteiger partial charge < -0.3 is 19.3 Å². The van der Waals surface area contributed by atoms with E-state index in [1.807, 2.05) is 44.2 Å². The molecule has 3 aromatic rings. The van der Waals surface area contributed by atoms with Crippen molar-refractivity contribution in [1.29, 1.82) is 0 Å². The van der Waals surface area contributed by atoms with Gasteiger partial charge in [-0.15, -0.1) is 0 Å². The number of hydrogen-bond acceptors (Lipinski definition) is 5. The predicted molar refractivity (Wildman–Crippen MR) is 130 cm³/mol. The first-order valence-corrected chi connectivity index (χ1v) is 11.1. The van der Waals surface area contributed by atoms with E-state index >= 15 is 0 Å². The summed E-state index contributed by atoms with van der Waals surface area (Å²) in [7, 11) is 1.21. The van der Waals surface area contributed by atoms with E-state index in [0.717, 1.165) is 33.6 Å². The highest BCUT2D eigenvalue weighted by Crippen LogP contribution is 2.31. The van der Waals surface area contributed by atoms with Crippen LogP contribution in [0.5, 0.6) is 11.5 Å². The minimum atomic E-state index is -0.760. The van der Waals surface area contributed by atoms with Gasteiger partial charge in [-0.2, -0.15) is 0 Å². The molecule has 6 heteroatoms. The predicted octanol–water partition coefficient (Wildman–Crippen LogP) is 6.01. The van der Waals surface area contributed by atoms with E-state index < -0.39 is 17.4 Å². The second-order valence-corrected chi connectivity index (χ2v) is 8.90. The maximum absolute atomic E-state index is 14.2. The van der Waals surface area contributed by atoms with Crippen LogP contribution in [0, 0.1) is 19.7 Å². The van der Waals surface area contributed by atoms with Crippen molar-refractivity contribution in [3.05, 3.63) is 82.7 Å². The number of halogens is 1. The summed E-state index contributed by atoms with van der Waals surface area (Å²) in [6, 6.07) is 16.0. The number of aryl methyl sites for hydroxylation is 1. The van der Waals surface area contributed by atoms with Crippen LogP contribution in [-0.4, -0.2) is 30.4 Å². The van der Waals surface area contributed by atoms with Crippen LogP contribution < -0.4 is 9.47 Å². The number of hydrogen-bond donors (Lipinski definition) is 1. The van der Waals surface area contributed by atoms with Gasteiger partial charge >= 0.3 is 5.97 Å². The average Bonchev–Trinajstić information content (AvgIpc) is 2.77. The normalized spacial score (nSPS) is 11.3. The molecule has 0 aromatic heterocycles. The summed E-state index contributed by atoms with van der Waals surface area (Å²) in [5, 5.41) is 9.85. The Morgan fingerprint density at radius 1 is 0.971 bits per heavy atom. The summed E-state index contributed by atoms with van der Waals surface area (Å²) in [6.07, 6.45) is 0.546. The number of carbonyl (C=O) groups is 1. The fourth-order valence-electron chi connectivity index (χ4n) is 3.60. The van der Waals surface area contributed by atoms with Crippen molar-refractivity contribution in [2.45, 2.75) is 46.3 Å². The van der Waals surface area contributed by atoms with E-state index in [1.54, 1.807) is 19.9 Å². The van der Waals surface area contributed by atoms with Gasteiger partial charge in [-0.3, -0.25) is 0 Å². The van der Waals surface area contributed by atoms with Gasteiger partial charge in [0.15, 0.2) is 0 Å². The molecule has 180 valence electrons. The maximum atomic E-state index is 14.2. The Kier molecular flexibility index (Phi) is 7.94. The number of carbonyl (C=O) groups excluding carboxylic acids is 1. The summed E-state index contributed by atoms with van der Waals surface area (Å²) in [5.41, 5.74) is 4.38. The summed E-state index contributed by atoms with van der Waals surface area (Å²) < 4.78 is 30.4. The minimum absolute atomic E-state index is 0.129. The molecule has 0 saturated heterocycles. The Labute approximate surface area is 200 Å². The third kappa shape index (κ3) is 6.35. The van der Waals surface area contributed by atoms with Crippen molar-refractivity contribution in [1.82, 2.24) is 0 Å². The number of ether oxygens (including phenoxy) is 3. The monoisotopic (exact) mass is 466 g/mol. The van der Waals surface area contributed by atoms with Gasteiger partial charge in [-0.25, -0.2) is 9.18 Å². The second-order valence-electron chi connectivity index (χ2n) is 8.90. The molecule has 0 heterocycles. The Bertz CT molecular complexity index is 1160. The van der Waals surface area contributed by atoms with Gasteiger partial charge in [0, 0.05) is 12.5 Å². The van der Waals surface area contributed by atoms with Gasteiger partial charge in [0.05, 0.1) is 24.9 Å². The molecule has 0 aliphatic heterocycles. The van der Waals surface area contributed by atoms with E-state index in [2.05, 4.69) is 10.8 Å². The molecule has 3 aromatic carbocycles. The molecule has 0 fully saturated rings. The Hall–Kier alpha value is -3.38. The third-order valence-electron chi connectivity index (χ3n) is 5.66. The molecule has 0 aliphatic rings. The van der Waals surface area contributed by atoms with E-state index in [9.17, 15) is 14.3 Å². The highest BCUT2D eigenvalue weighted by molar-refractivity contribution is 5.89. The van der Waals surface area contributed by atoms with Crippen LogP contribution >= 0.6 is 0 Å². The fraction of sp³-hybridized carbons (Fsp3) is 0.321. The van der Waals surface area contributed by atoms with Gasteiger partial charge in [0.1, 0.15) is 23.9 Å². The number of methoxy groups -OCH3 is 1. The highest BCUT2D eigenvalue weighted by atomic mass is 19.1. The van der Waals surface area contributed by atoms with Crippen molar-refractivity contribution < 1.29 is 28.5 Å². The lowest BCUT2D eigenvalue weighted by Gasteiger charge is -2.18. The summed E-state index contributed by atoms with van der Waals surface area (Å²) in [5.74, 6) is -0.314. The first kappa shape index (κ1) is 25.2. The highest BCUT2D eigenvalue weighted by Gasteiger charge is 2.15. The molecule has 0 saturated carbocycles. The number of esters is 1. The second kappa shape index (κ2) is 10.7. The van der Waals surface area contributed by atoms with Crippen LogP contribution in [0.3, 0.4) is 0 Å². The lowest BCUT2D eigenvalue weighted by atomic mass is 9.93. The molecule has 0 radical (unpaired) electrons. The van der Waals surface area contributed by atoms with Crippen LogP contribution in [0.1, 0.15) is 47.3 Å². The van der Waals surface area contributed by atoms with Crippen molar-refractivity contribution >= 4 is 5.97 Å². The number of aliphatic hydroxyl groups is 1. The fourth-order valence-corrected chi connectivity index (χ4v) is 3.60. The van der Waals surface area contributed by atoms with E-state index in [-0.39, 0.29) is 12.2 Å². The van der Waals surface area contributed by atoms with Crippen molar-refractivity contribution in [2.24, 2.45) is 0 Å². The summed E-state index contributed by atoms with van der Waals surface area (Å²) in [6.45, 7) is 8.29. The van der Waals surface area contributed by atoms with Gasteiger partial charge in [-0.1, -0.05) is 24.3 Å². The summed E-state index contributed by atoms with van der Waals surface area (Å²) in [4.78, 5) is 11.6. The lowest BCUT2D eigenvalue weighted by Crippen LogP contribution is -2.21. The van der Waals surface area contributed by atoms with Crippen LogP contribution in [0.4, 0.5) is 4.39 Å². The summed E-state index contributed by atoms with van der Waals surface area (Å²) >= 11 is 0. The SMILES string of the molecule is COC(=O)c1ccc(OCc2cccc(-c3ccc(OCCC(C)(C)O)cc3C)c2C)cc1F. The molecule has 0 amide bonds. The Balaban J connectivity index is 1.73. The first-order chi connectivity index (χ1) is 16.1. The zero-order valence-corrected chi connectivity index (χ0v) is 20.3. The van der Waals surface area contributed by atoms with Crippen molar-refractivity contribution in [2.75, 3.05) is 13.7 Å². The molecule has 3 rings (SSSR count). The van der Waals surface area contributed by atoms with Crippen molar-refractivity contribution in [3.63, 3.8) is 0 Å². The van der Waals surface area contributed by atoms with Crippen molar-refractivity contribution in [3.8, 4) is 22.6 Å². The zero-order valence-electron chi connectivity index (χ0n) is 20.3. The Morgan fingerprint density at radius 2 is 1.68 bits per heavy atom.